The van der Waals surface area contributed by atoms with Gasteiger partial charge in [0.25, 0.3) is 5.91 Å². The SMILES string of the molecule is C=CC(=O)N1CCN(C(=NC)c2cc(Cl)c(-c3cc(C(=O)NC4CC4)ccc3F)nc2N(C=O)c2c(C)ccnc2C(C)C)C(C)C1. The van der Waals surface area contributed by atoms with Gasteiger partial charge in [-0.1, -0.05) is 32.0 Å². The van der Waals surface area contributed by atoms with Crippen LogP contribution in [0.15, 0.2) is 54.2 Å². The van der Waals surface area contributed by atoms with Crippen LogP contribution in [0.25, 0.3) is 11.3 Å². The van der Waals surface area contributed by atoms with Crippen LogP contribution < -0.4 is 10.2 Å². The Labute approximate surface area is 279 Å². The highest BCUT2D eigenvalue weighted by atomic mass is 35.5. The molecule has 0 spiro atoms. The molecule has 0 radical (unpaired) electrons. The predicted octanol–water partition coefficient (Wildman–Crippen LogP) is 5.65. The van der Waals surface area contributed by atoms with Crippen LogP contribution in [0.2, 0.25) is 5.02 Å². The van der Waals surface area contributed by atoms with Crippen LogP contribution in [0, 0.1) is 12.7 Å². The molecular formula is C35H39ClFN7O3. The fourth-order valence-electron chi connectivity index (χ4n) is 5.88. The number of pyridine rings is 2. The van der Waals surface area contributed by atoms with E-state index < -0.39 is 5.82 Å². The van der Waals surface area contributed by atoms with Crippen LogP contribution >= 0.6 is 11.6 Å². The van der Waals surface area contributed by atoms with Gasteiger partial charge in [-0.05, 0) is 74.6 Å². The van der Waals surface area contributed by atoms with Gasteiger partial charge in [-0.25, -0.2) is 9.37 Å². The average Bonchev–Trinajstić information content (AvgIpc) is 3.87. The van der Waals surface area contributed by atoms with E-state index in [2.05, 4.69) is 21.9 Å². The summed E-state index contributed by atoms with van der Waals surface area (Å²) in [5.74, 6) is -0.473. The number of anilines is 2. The van der Waals surface area contributed by atoms with Crippen molar-refractivity contribution in [2.24, 2.45) is 4.99 Å². The van der Waals surface area contributed by atoms with Crippen molar-refractivity contribution < 1.29 is 18.8 Å². The Morgan fingerprint density at radius 2 is 1.96 bits per heavy atom. The Hall–Kier alpha value is -4.64. The van der Waals surface area contributed by atoms with Crippen molar-refractivity contribution in [1.29, 1.82) is 0 Å². The molecule has 1 atom stereocenters. The highest BCUT2D eigenvalue weighted by Crippen LogP contribution is 2.39. The van der Waals surface area contributed by atoms with Gasteiger partial charge in [0.15, 0.2) is 5.82 Å². The first-order valence-electron chi connectivity index (χ1n) is 15.6. The zero-order chi connectivity index (χ0) is 34.0. The topological polar surface area (TPSA) is 111 Å². The second-order valence-electron chi connectivity index (χ2n) is 12.2. The standard InChI is InChI=1S/C35H39ClFN7O3/c1-7-29(46)42-14-15-43(22(5)18-42)33(38-6)26-17-27(36)31(25-16-23(8-11-28(25)37)35(47)40-24-9-10-24)41-34(26)44(19-45)32-21(4)12-13-39-30(32)20(2)3/h7-8,11-13,16-17,19-20,22,24H,1,9-10,14-15,18H2,2-6H3,(H,40,47). The summed E-state index contributed by atoms with van der Waals surface area (Å²) in [4.78, 5) is 57.7. The molecule has 0 bridgehead atoms. The molecule has 10 nitrogen and oxygen atoms in total. The number of piperazine rings is 1. The van der Waals surface area contributed by atoms with Crippen molar-refractivity contribution in [1.82, 2.24) is 25.1 Å². The van der Waals surface area contributed by atoms with Crippen molar-refractivity contribution in [2.75, 3.05) is 31.6 Å². The third-order valence-electron chi connectivity index (χ3n) is 8.47. The maximum Gasteiger partial charge on any atom is 0.251 e. The first-order chi connectivity index (χ1) is 22.5. The molecule has 3 heterocycles. The van der Waals surface area contributed by atoms with E-state index in [1.165, 1.54) is 29.2 Å². The quantitative estimate of drug-likeness (QED) is 0.138. The number of hydrogen-bond acceptors (Lipinski definition) is 6. The lowest BCUT2D eigenvalue weighted by Crippen LogP contribution is -2.55. The number of carbonyl (C=O) groups is 3. The Kier molecular flexibility index (Phi) is 10.0. The number of amidine groups is 1. The molecule has 1 aromatic carbocycles. The second-order valence-corrected chi connectivity index (χ2v) is 12.6. The van der Waals surface area contributed by atoms with E-state index in [1.807, 2.05) is 38.7 Å². The molecule has 1 N–H and O–H groups in total. The number of amides is 3. The van der Waals surface area contributed by atoms with Crippen LogP contribution in [-0.4, -0.2) is 82.6 Å². The van der Waals surface area contributed by atoms with Gasteiger partial charge in [-0.3, -0.25) is 29.3 Å². The molecule has 1 aliphatic heterocycles. The largest absolute Gasteiger partial charge is 0.350 e. The summed E-state index contributed by atoms with van der Waals surface area (Å²) < 4.78 is 15.5. The van der Waals surface area contributed by atoms with Crippen molar-refractivity contribution in [3.8, 4) is 11.3 Å². The Morgan fingerprint density at radius 3 is 2.57 bits per heavy atom. The van der Waals surface area contributed by atoms with Gasteiger partial charge < -0.3 is 15.1 Å². The molecule has 47 heavy (non-hydrogen) atoms. The van der Waals surface area contributed by atoms with Crippen LogP contribution in [0.5, 0.6) is 0 Å². The maximum atomic E-state index is 15.5. The fourth-order valence-corrected chi connectivity index (χ4v) is 6.13. The number of nitrogens with one attached hydrogen (secondary N) is 1. The zero-order valence-electron chi connectivity index (χ0n) is 27.3. The highest BCUT2D eigenvalue weighted by molar-refractivity contribution is 6.33. The first kappa shape index (κ1) is 33.7. The molecule has 1 unspecified atom stereocenters. The molecule has 246 valence electrons. The molecule has 12 heteroatoms. The van der Waals surface area contributed by atoms with Crippen LogP contribution in [-0.2, 0) is 9.59 Å². The van der Waals surface area contributed by atoms with Gasteiger partial charge in [0, 0.05) is 56.1 Å². The minimum atomic E-state index is -0.625. The molecule has 1 aliphatic carbocycles. The summed E-state index contributed by atoms with van der Waals surface area (Å²) in [6.45, 7) is 12.7. The minimum absolute atomic E-state index is 0.0176. The summed E-state index contributed by atoms with van der Waals surface area (Å²) in [6.07, 6.45) is 5.46. The van der Waals surface area contributed by atoms with Crippen molar-refractivity contribution in [3.63, 3.8) is 0 Å². The van der Waals surface area contributed by atoms with Crippen LogP contribution in [0.3, 0.4) is 0 Å². The molecule has 1 saturated carbocycles. The fraction of sp³-hybridized carbons (Fsp3) is 0.371. The van der Waals surface area contributed by atoms with Crippen molar-refractivity contribution >= 4 is 47.2 Å². The first-order valence-corrected chi connectivity index (χ1v) is 16.0. The molecule has 2 aromatic heterocycles. The Balaban J connectivity index is 1.70. The van der Waals surface area contributed by atoms with Crippen molar-refractivity contribution in [2.45, 2.75) is 58.5 Å². The summed E-state index contributed by atoms with van der Waals surface area (Å²) >= 11 is 6.91. The minimum Gasteiger partial charge on any atom is -0.350 e. The van der Waals surface area contributed by atoms with E-state index in [-0.39, 0.29) is 57.5 Å². The number of aromatic nitrogens is 2. The lowest BCUT2D eigenvalue weighted by atomic mass is 10.0. The molecule has 2 aliphatic rings. The predicted molar refractivity (Wildman–Crippen MR) is 182 cm³/mol. The smallest absolute Gasteiger partial charge is 0.251 e. The van der Waals surface area contributed by atoms with E-state index in [1.54, 1.807) is 24.2 Å². The maximum absolute atomic E-state index is 15.5. The van der Waals surface area contributed by atoms with Gasteiger partial charge in [-0.15, -0.1) is 0 Å². The molecule has 3 aromatic rings. The summed E-state index contributed by atoms with van der Waals surface area (Å²) in [6, 6.07) is 7.46. The third kappa shape index (κ3) is 6.90. The summed E-state index contributed by atoms with van der Waals surface area (Å²) in [5.41, 5.74) is 2.78. The molecular weight excluding hydrogens is 621 g/mol. The van der Waals surface area contributed by atoms with Crippen LogP contribution in [0.1, 0.15) is 66.7 Å². The van der Waals surface area contributed by atoms with E-state index >= 15 is 4.39 Å². The molecule has 3 amide bonds. The molecule has 2 fully saturated rings. The van der Waals surface area contributed by atoms with E-state index in [0.717, 1.165) is 18.4 Å². The van der Waals surface area contributed by atoms with E-state index in [4.69, 9.17) is 16.6 Å². The van der Waals surface area contributed by atoms with E-state index in [0.29, 0.717) is 48.8 Å². The van der Waals surface area contributed by atoms with Gasteiger partial charge in [0.2, 0.25) is 12.3 Å². The molecule has 1 saturated heterocycles. The number of rotatable bonds is 9. The summed E-state index contributed by atoms with van der Waals surface area (Å²) in [5, 5.41) is 3.03. The van der Waals surface area contributed by atoms with Crippen molar-refractivity contribution in [3.05, 3.63) is 82.4 Å². The summed E-state index contributed by atoms with van der Waals surface area (Å²) in [7, 11) is 1.64. The average molecular weight is 660 g/mol. The number of nitrogens with zero attached hydrogens (tertiary/aromatic N) is 6. The van der Waals surface area contributed by atoms with Crippen LogP contribution in [0.4, 0.5) is 15.9 Å². The number of benzene rings is 1. The number of carbonyl (C=O) groups excluding carboxylic acids is 3. The number of hydrogen-bond donors (Lipinski definition) is 1. The Morgan fingerprint density at radius 1 is 1.21 bits per heavy atom. The van der Waals surface area contributed by atoms with Gasteiger partial charge in [0.1, 0.15) is 11.7 Å². The van der Waals surface area contributed by atoms with Gasteiger partial charge in [0.05, 0.1) is 27.7 Å². The lowest BCUT2D eigenvalue weighted by Gasteiger charge is -2.41. The zero-order valence-corrected chi connectivity index (χ0v) is 28.0. The van der Waals surface area contributed by atoms with Gasteiger partial charge in [-0.2, -0.15) is 0 Å². The number of aryl methyl sites for hydroxylation is 1. The highest BCUT2D eigenvalue weighted by Gasteiger charge is 2.33. The molecule has 5 rings (SSSR count). The number of halogens is 2. The monoisotopic (exact) mass is 659 g/mol. The van der Waals surface area contributed by atoms with Gasteiger partial charge >= 0.3 is 0 Å². The third-order valence-corrected chi connectivity index (χ3v) is 8.75. The lowest BCUT2D eigenvalue weighted by molar-refractivity contribution is -0.128. The second kappa shape index (κ2) is 14.0. The Bertz CT molecular complexity index is 1760. The number of aliphatic imine (C=N–C) groups is 1. The normalized spacial score (nSPS) is 16.7. The van der Waals surface area contributed by atoms with E-state index in [9.17, 15) is 14.4 Å².